The highest BCUT2D eigenvalue weighted by molar-refractivity contribution is 5.41. The Kier molecular flexibility index (Phi) is 4.66. The number of methoxy groups -OCH3 is 1. The van der Waals surface area contributed by atoms with Crippen LogP contribution in [0.4, 0.5) is 14.6 Å². The third-order valence-corrected chi connectivity index (χ3v) is 3.94. The summed E-state index contributed by atoms with van der Waals surface area (Å²) in [6, 6.07) is 5.53. The number of rotatable bonds is 4. The Morgan fingerprint density at radius 1 is 1.09 bits per heavy atom. The molecule has 23 heavy (non-hydrogen) atoms. The number of hydrogen-bond donors (Lipinski definition) is 0. The molecule has 0 unspecified atom stereocenters. The molecule has 1 saturated heterocycles. The monoisotopic (exact) mass is 320 g/mol. The first-order valence-corrected chi connectivity index (χ1v) is 7.43. The molecule has 122 valence electrons. The predicted octanol–water partition coefficient (Wildman–Crippen LogP) is 2.09. The second kappa shape index (κ2) is 6.87. The molecule has 3 rings (SSSR count). The molecule has 2 aromatic rings. The van der Waals surface area contributed by atoms with Gasteiger partial charge in [0.25, 0.3) is 0 Å². The van der Waals surface area contributed by atoms with Crippen LogP contribution in [0, 0.1) is 11.6 Å². The first kappa shape index (κ1) is 15.6. The van der Waals surface area contributed by atoms with Crippen molar-refractivity contribution in [3.05, 3.63) is 47.8 Å². The zero-order chi connectivity index (χ0) is 16.2. The Bertz CT molecular complexity index is 675. The van der Waals surface area contributed by atoms with Crippen molar-refractivity contribution in [3.63, 3.8) is 0 Å². The second-order valence-electron chi connectivity index (χ2n) is 5.42. The molecule has 0 spiro atoms. The molecule has 1 aliphatic heterocycles. The van der Waals surface area contributed by atoms with Crippen molar-refractivity contribution in [1.82, 2.24) is 14.9 Å². The van der Waals surface area contributed by atoms with Gasteiger partial charge in [-0.25, -0.2) is 18.7 Å². The largest absolute Gasteiger partial charge is 0.481 e. The van der Waals surface area contributed by atoms with Gasteiger partial charge < -0.3 is 9.64 Å². The summed E-state index contributed by atoms with van der Waals surface area (Å²) in [7, 11) is 1.57. The number of aromatic nitrogens is 2. The van der Waals surface area contributed by atoms with Crippen molar-refractivity contribution in [1.29, 1.82) is 0 Å². The minimum Gasteiger partial charge on any atom is -0.481 e. The SMILES string of the molecule is COc1cc(N2CCN(Cc3ccc(F)cc3F)CC2)ncn1. The molecule has 0 radical (unpaired) electrons. The van der Waals surface area contributed by atoms with E-state index in [0.717, 1.165) is 38.1 Å². The van der Waals surface area contributed by atoms with Gasteiger partial charge in [-0.3, -0.25) is 4.90 Å². The number of anilines is 1. The molecule has 0 N–H and O–H groups in total. The van der Waals surface area contributed by atoms with Crippen LogP contribution in [0.3, 0.4) is 0 Å². The molecule has 0 amide bonds. The van der Waals surface area contributed by atoms with E-state index in [1.54, 1.807) is 13.2 Å². The fourth-order valence-electron chi connectivity index (χ4n) is 2.64. The molecule has 2 heterocycles. The Hall–Kier alpha value is -2.28. The lowest BCUT2D eigenvalue weighted by Gasteiger charge is -2.35. The van der Waals surface area contributed by atoms with E-state index >= 15 is 0 Å². The molecule has 0 atom stereocenters. The van der Waals surface area contributed by atoms with E-state index in [1.165, 1.54) is 18.5 Å². The zero-order valence-electron chi connectivity index (χ0n) is 12.9. The van der Waals surface area contributed by atoms with Gasteiger partial charge in [-0.2, -0.15) is 0 Å². The van der Waals surface area contributed by atoms with Gasteiger partial charge in [-0.05, 0) is 6.07 Å². The summed E-state index contributed by atoms with van der Waals surface area (Å²) in [5.41, 5.74) is 0.517. The molecule has 5 nitrogen and oxygen atoms in total. The van der Waals surface area contributed by atoms with E-state index < -0.39 is 11.6 Å². The van der Waals surface area contributed by atoms with Crippen LogP contribution in [-0.2, 0) is 6.54 Å². The number of ether oxygens (including phenoxy) is 1. The first-order valence-electron chi connectivity index (χ1n) is 7.43. The van der Waals surface area contributed by atoms with Crippen molar-refractivity contribution < 1.29 is 13.5 Å². The quantitative estimate of drug-likeness (QED) is 0.863. The highest BCUT2D eigenvalue weighted by Crippen LogP contribution is 2.19. The van der Waals surface area contributed by atoms with Gasteiger partial charge in [0.2, 0.25) is 5.88 Å². The topological polar surface area (TPSA) is 41.5 Å². The van der Waals surface area contributed by atoms with Crippen molar-refractivity contribution >= 4 is 5.82 Å². The maximum atomic E-state index is 13.7. The van der Waals surface area contributed by atoms with Gasteiger partial charge >= 0.3 is 0 Å². The van der Waals surface area contributed by atoms with E-state index in [0.29, 0.717) is 18.0 Å². The second-order valence-corrected chi connectivity index (χ2v) is 5.42. The molecular weight excluding hydrogens is 302 g/mol. The number of nitrogens with zero attached hydrogens (tertiary/aromatic N) is 4. The maximum absolute atomic E-state index is 13.7. The van der Waals surface area contributed by atoms with Crippen LogP contribution < -0.4 is 9.64 Å². The van der Waals surface area contributed by atoms with Crippen LogP contribution in [0.2, 0.25) is 0 Å². The average Bonchev–Trinajstić information content (AvgIpc) is 2.58. The van der Waals surface area contributed by atoms with Gasteiger partial charge in [0.1, 0.15) is 23.8 Å². The van der Waals surface area contributed by atoms with Crippen LogP contribution >= 0.6 is 0 Å². The minimum atomic E-state index is -0.547. The van der Waals surface area contributed by atoms with Crippen molar-refractivity contribution in [2.24, 2.45) is 0 Å². The van der Waals surface area contributed by atoms with Crippen LogP contribution in [0.25, 0.3) is 0 Å². The molecule has 1 aromatic carbocycles. The molecule has 0 saturated carbocycles. The van der Waals surface area contributed by atoms with Crippen LogP contribution in [0.15, 0.2) is 30.6 Å². The summed E-state index contributed by atoms with van der Waals surface area (Å²) in [6.07, 6.45) is 1.48. The van der Waals surface area contributed by atoms with Crippen molar-refractivity contribution in [3.8, 4) is 5.88 Å². The van der Waals surface area contributed by atoms with Gasteiger partial charge in [0, 0.05) is 50.4 Å². The van der Waals surface area contributed by atoms with Gasteiger partial charge in [0.15, 0.2) is 0 Å². The third-order valence-electron chi connectivity index (χ3n) is 3.94. The average molecular weight is 320 g/mol. The smallest absolute Gasteiger partial charge is 0.218 e. The number of piperazine rings is 1. The van der Waals surface area contributed by atoms with E-state index in [4.69, 9.17) is 4.74 Å². The predicted molar refractivity (Wildman–Crippen MR) is 82.4 cm³/mol. The van der Waals surface area contributed by atoms with E-state index in [1.807, 2.05) is 0 Å². The third kappa shape index (κ3) is 3.73. The normalized spacial score (nSPS) is 15.7. The molecule has 0 bridgehead atoms. The van der Waals surface area contributed by atoms with Gasteiger partial charge in [0.05, 0.1) is 7.11 Å². The van der Waals surface area contributed by atoms with Gasteiger partial charge in [-0.15, -0.1) is 0 Å². The van der Waals surface area contributed by atoms with Crippen molar-refractivity contribution in [2.45, 2.75) is 6.54 Å². The highest BCUT2D eigenvalue weighted by Gasteiger charge is 2.19. The maximum Gasteiger partial charge on any atom is 0.218 e. The van der Waals surface area contributed by atoms with E-state index in [-0.39, 0.29) is 0 Å². The molecular formula is C16H18F2N4O. The lowest BCUT2D eigenvalue weighted by molar-refractivity contribution is 0.246. The number of halogens is 2. The Labute approximate surface area is 133 Å². The lowest BCUT2D eigenvalue weighted by Crippen LogP contribution is -2.46. The van der Waals surface area contributed by atoms with E-state index in [2.05, 4.69) is 19.8 Å². The lowest BCUT2D eigenvalue weighted by atomic mass is 10.2. The first-order chi connectivity index (χ1) is 11.2. The zero-order valence-corrected chi connectivity index (χ0v) is 12.9. The van der Waals surface area contributed by atoms with E-state index in [9.17, 15) is 8.78 Å². The van der Waals surface area contributed by atoms with Crippen LogP contribution in [0.1, 0.15) is 5.56 Å². The summed E-state index contributed by atoms with van der Waals surface area (Å²) in [6.45, 7) is 3.60. The molecule has 7 heteroatoms. The minimum absolute atomic E-state index is 0.479. The van der Waals surface area contributed by atoms with Crippen LogP contribution in [-0.4, -0.2) is 48.2 Å². The van der Waals surface area contributed by atoms with Crippen LogP contribution in [0.5, 0.6) is 5.88 Å². The number of benzene rings is 1. The summed E-state index contributed by atoms with van der Waals surface area (Å²) in [5.74, 6) is 0.317. The summed E-state index contributed by atoms with van der Waals surface area (Å²) < 4.78 is 31.8. The number of hydrogen-bond acceptors (Lipinski definition) is 5. The standard InChI is InChI=1S/C16H18F2N4O/c1-23-16-9-15(19-11-20-16)22-6-4-21(5-7-22)10-12-2-3-13(17)8-14(12)18/h2-3,8-9,11H,4-7,10H2,1H3. The summed E-state index contributed by atoms with van der Waals surface area (Å²) in [4.78, 5) is 12.5. The fourth-order valence-corrected chi connectivity index (χ4v) is 2.64. The highest BCUT2D eigenvalue weighted by atomic mass is 19.1. The van der Waals surface area contributed by atoms with Gasteiger partial charge in [-0.1, -0.05) is 6.07 Å². The Morgan fingerprint density at radius 2 is 1.87 bits per heavy atom. The Balaban J connectivity index is 1.59. The fraction of sp³-hybridized carbons (Fsp3) is 0.375. The molecule has 1 aliphatic rings. The molecule has 1 aromatic heterocycles. The Morgan fingerprint density at radius 3 is 2.57 bits per heavy atom. The molecule has 0 aliphatic carbocycles. The molecule has 1 fully saturated rings. The summed E-state index contributed by atoms with van der Waals surface area (Å²) in [5, 5.41) is 0. The summed E-state index contributed by atoms with van der Waals surface area (Å²) >= 11 is 0. The van der Waals surface area contributed by atoms with Crippen molar-refractivity contribution in [2.75, 3.05) is 38.2 Å².